The SMILES string of the molecule is O=C(C1CC1)N1CCSc2ccc(S(=O)(=O)Nc3ccc(Cl)cc3)cc21. The van der Waals surface area contributed by atoms with Gasteiger partial charge >= 0.3 is 0 Å². The summed E-state index contributed by atoms with van der Waals surface area (Å²) in [4.78, 5) is 15.4. The van der Waals surface area contributed by atoms with E-state index in [1.807, 2.05) is 0 Å². The van der Waals surface area contributed by atoms with Crippen LogP contribution in [0.5, 0.6) is 0 Å². The van der Waals surface area contributed by atoms with Crippen LogP contribution in [-0.4, -0.2) is 26.6 Å². The first-order chi connectivity index (χ1) is 12.4. The molecule has 8 heteroatoms. The summed E-state index contributed by atoms with van der Waals surface area (Å²) >= 11 is 7.48. The Balaban J connectivity index is 1.65. The van der Waals surface area contributed by atoms with Gasteiger partial charge in [0.15, 0.2) is 0 Å². The van der Waals surface area contributed by atoms with Crippen molar-refractivity contribution >= 4 is 50.7 Å². The van der Waals surface area contributed by atoms with Crippen LogP contribution in [0, 0.1) is 5.92 Å². The summed E-state index contributed by atoms with van der Waals surface area (Å²) in [5, 5.41) is 0.535. The summed E-state index contributed by atoms with van der Waals surface area (Å²) in [6.45, 7) is 0.612. The second kappa shape index (κ2) is 6.79. The Bertz CT molecular complexity index is 957. The fourth-order valence-corrected chi connectivity index (χ4v) is 5.06. The van der Waals surface area contributed by atoms with Crippen LogP contribution in [0.2, 0.25) is 5.02 Å². The monoisotopic (exact) mass is 408 g/mol. The van der Waals surface area contributed by atoms with E-state index in [2.05, 4.69) is 4.72 Å². The number of hydrogen-bond acceptors (Lipinski definition) is 4. The maximum atomic E-state index is 12.7. The minimum Gasteiger partial charge on any atom is -0.310 e. The number of rotatable bonds is 4. The second-order valence-corrected chi connectivity index (χ2v) is 9.61. The molecule has 0 saturated heterocycles. The van der Waals surface area contributed by atoms with Crippen LogP contribution in [-0.2, 0) is 14.8 Å². The first-order valence-corrected chi connectivity index (χ1v) is 11.2. The first-order valence-electron chi connectivity index (χ1n) is 8.31. The van der Waals surface area contributed by atoms with Gasteiger partial charge in [-0.2, -0.15) is 0 Å². The Morgan fingerprint density at radius 2 is 1.88 bits per heavy atom. The molecule has 0 aromatic heterocycles. The molecule has 4 rings (SSSR count). The van der Waals surface area contributed by atoms with Crippen molar-refractivity contribution in [1.29, 1.82) is 0 Å². The second-order valence-electron chi connectivity index (χ2n) is 6.35. The lowest BCUT2D eigenvalue weighted by atomic mass is 10.2. The third-order valence-corrected chi connectivity index (χ3v) is 7.07. The van der Waals surface area contributed by atoms with Crippen molar-refractivity contribution in [3.8, 4) is 0 Å². The lowest BCUT2D eigenvalue weighted by Crippen LogP contribution is -2.36. The van der Waals surface area contributed by atoms with Crippen molar-refractivity contribution < 1.29 is 13.2 Å². The van der Waals surface area contributed by atoms with Crippen molar-refractivity contribution in [2.75, 3.05) is 21.9 Å². The molecule has 1 saturated carbocycles. The highest BCUT2D eigenvalue weighted by Gasteiger charge is 2.36. The number of fused-ring (bicyclic) bond motifs is 1. The van der Waals surface area contributed by atoms with Gasteiger partial charge in [0.2, 0.25) is 5.91 Å². The molecule has 1 N–H and O–H groups in total. The van der Waals surface area contributed by atoms with E-state index in [0.717, 1.165) is 23.5 Å². The van der Waals surface area contributed by atoms with Crippen LogP contribution in [0.3, 0.4) is 0 Å². The highest BCUT2D eigenvalue weighted by atomic mass is 35.5. The van der Waals surface area contributed by atoms with Crippen molar-refractivity contribution in [2.45, 2.75) is 22.6 Å². The molecule has 0 atom stereocenters. The number of nitrogens with one attached hydrogen (secondary N) is 1. The van der Waals surface area contributed by atoms with E-state index in [-0.39, 0.29) is 16.7 Å². The van der Waals surface area contributed by atoms with E-state index in [4.69, 9.17) is 11.6 Å². The van der Waals surface area contributed by atoms with Gasteiger partial charge in [-0.15, -0.1) is 11.8 Å². The number of nitrogens with zero attached hydrogens (tertiary/aromatic N) is 1. The van der Waals surface area contributed by atoms with Gasteiger partial charge in [0.25, 0.3) is 10.0 Å². The van der Waals surface area contributed by atoms with Gasteiger partial charge in [-0.05, 0) is 55.3 Å². The molecule has 1 aliphatic heterocycles. The summed E-state index contributed by atoms with van der Waals surface area (Å²) in [7, 11) is -3.75. The first kappa shape index (κ1) is 17.7. The number of carbonyl (C=O) groups is 1. The van der Waals surface area contributed by atoms with Gasteiger partial charge in [0.1, 0.15) is 0 Å². The Labute approximate surface area is 161 Å². The largest absolute Gasteiger partial charge is 0.310 e. The molecule has 0 spiro atoms. The van der Waals surface area contributed by atoms with Gasteiger partial charge in [-0.1, -0.05) is 11.6 Å². The fourth-order valence-electron chi connectivity index (χ4n) is 2.88. The highest BCUT2D eigenvalue weighted by molar-refractivity contribution is 7.99. The Morgan fingerprint density at radius 1 is 1.15 bits per heavy atom. The molecular formula is C18H17ClN2O3S2. The number of amides is 1. The van der Waals surface area contributed by atoms with E-state index in [0.29, 0.717) is 22.9 Å². The van der Waals surface area contributed by atoms with Crippen LogP contribution in [0.4, 0.5) is 11.4 Å². The van der Waals surface area contributed by atoms with Crippen molar-refractivity contribution in [1.82, 2.24) is 0 Å². The van der Waals surface area contributed by atoms with Gasteiger partial charge in [-0.25, -0.2) is 8.42 Å². The zero-order valence-electron chi connectivity index (χ0n) is 13.8. The summed E-state index contributed by atoms with van der Waals surface area (Å²) in [5.74, 6) is 1.02. The predicted molar refractivity (Wildman–Crippen MR) is 105 cm³/mol. The van der Waals surface area contributed by atoms with E-state index >= 15 is 0 Å². The molecule has 0 radical (unpaired) electrons. The number of anilines is 2. The van der Waals surface area contributed by atoms with Crippen LogP contribution < -0.4 is 9.62 Å². The van der Waals surface area contributed by atoms with Gasteiger partial charge in [-0.3, -0.25) is 9.52 Å². The Morgan fingerprint density at radius 3 is 2.58 bits per heavy atom. The van der Waals surface area contributed by atoms with E-state index in [9.17, 15) is 13.2 Å². The smallest absolute Gasteiger partial charge is 0.261 e. The third-order valence-electron chi connectivity index (χ3n) is 4.39. The third kappa shape index (κ3) is 3.56. The minimum atomic E-state index is -3.75. The van der Waals surface area contributed by atoms with Crippen molar-refractivity contribution in [3.63, 3.8) is 0 Å². The number of sulfonamides is 1. The van der Waals surface area contributed by atoms with Crippen LogP contribution in [0.15, 0.2) is 52.3 Å². The molecule has 2 aliphatic rings. The molecule has 0 unspecified atom stereocenters. The normalized spacial score (nSPS) is 16.9. The average Bonchev–Trinajstić information content (AvgIpc) is 3.47. The zero-order valence-corrected chi connectivity index (χ0v) is 16.2. The number of hydrogen-bond donors (Lipinski definition) is 1. The average molecular weight is 409 g/mol. The maximum Gasteiger partial charge on any atom is 0.261 e. The van der Waals surface area contributed by atoms with Gasteiger partial charge < -0.3 is 4.90 Å². The van der Waals surface area contributed by atoms with Crippen LogP contribution >= 0.6 is 23.4 Å². The van der Waals surface area contributed by atoms with E-state index in [1.165, 1.54) is 0 Å². The van der Waals surface area contributed by atoms with Crippen LogP contribution in [0.1, 0.15) is 12.8 Å². The predicted octanol–water partition coefficient (Wildman–Crippen LogP) is 3.99. The fraction of sp³-hybridized carbons (Fsp3) is 0.278. The summed E-state index contributed by atoms with van der Waals surface area (Å²) in [6.07, 6.45) is 1.85. The number of thioether (sulfide) groups is 1. The van der Waals surface area contributed by atoms with Crippen LogP contribution in [0.25, 0.3) is 0 Å². The molecular weight excluding hydrogens is 392 g/mol. The molecule has 2 aromatic carbocycles. The lowest BCUT2D eigenvalue weighted by molar-refractivity contribution is -0.119. The molecule has 1 amide bonds. The molecule has 1 heterocycles. The number of carbonyl (C=O) groups excluding carboxylic acids is 1. The number of benzene rings is 2. The van der Waals surface area contributed by atoms with Crippen molar-refractivity contribution in [2.24, 2.45) is 5.92 Å². The zero-order chi connectivity index (χ0) is 18.3. The molecule has 2 aromatic rings. The standard InChI is InChI=1S/C18H17ClN2O3S2/c19-13-3-5-14(6-4-13)20-26(23,24)15-7-8-17-16(11-15)21(9-10-25-17)18(22)12-1-2-12/h3-8,11-12,20H,1-2,9-10H2. The lowest BCUT2D eigenvalue weighted by Gasteiger charge is -2.29. The molecule has 1 aliphatic carbocycles. The van der Waals surface area contributed by atoms with Gasteiger partial charge in [0, 0.05) is 33.8 Å². The Kier molecular flexibility index (Phi) is 4.62. The van der Waals surface area contributed by atoms with Gasteiger partial charge in [0.05, 0.1) is 10.6 Å². The van der Waals surface area contributed by atoms with Crippen molar-refractivity contribution in [3.05, 3.63) is 47.5 Å². The summed E-state index contributed by atoms with van der Waals surface area (Å²) < 4.78 is 28.0. The highest BCUT2D eigenvalue weighted by Crippen LogP contribution is 2.40. The maximum absolute atomic E-state index is 12.7. The molecule has 136 valence electrons. The molecule has 0 bridgehead atoms. The topological polar surface area (TPSA) is 66.5 Å². The minimum absolute atomic E-state index is 0.0957. The quantitative estimate of drug-likeness (QED) is 0.830. The number of halogens is 1. The molecule has 26 heavy (non-hydrogen) atoms. The summed E-state index contributed by atoms with van der Waals surface area (Å²) in [5.41, 5.74) is 1.13. The summed E-state index contributed by atoms with van der Waals surface area (Å²) in [6, 6.07) is 11.4. The Hall–Kier alpha value is -1.70. The molecule has 1 fully saturated rings. The van der Waals surface area contributed by atoms with E-state index < -0.39 is 10.0 Å². The molecule has 5 nitrogen and oxygen atoms in total. The van der Waals surface area contributed by atoms with E-state index in [1.54, 1.807) is 59.1 Å².